The number of hydrogen-bond acceptors (Lipinski definition) is 3. The maximum absolute atomic E-state index is 11.6. The third kappa shape index (κ3) is 4.46. The molecule has 4 heteroatoms. The highest BCUT2D eigenvalue weighted by molar-refractivity contribution is 5.79. The van der Waals surface area contributed by atoms with Gasteiger partial charge in [0.05, 0.1) is 6.04 Å². The van der Waals surface area contributed by atoms with Crippen molar-refractivity contribution in [1.82, 2.24) is 5.32 Å². The van der Waals surface area contributed by atoms with E-state index in [0.717, 1.165) is 25.9 Å². The minimum atomic E-state index is -0.258. The van der Waals surface area contributed by atoms with Gasteiger partial charge in [-0.15, -0.1) is 0 Å². The number of amides is 1. The van der Waals surface area contributed by atoms with Crippen LogP contribution in [0.15, 0.2) is 24.3 Å². The predicted octanol–water partition coefficient (Wildman–Crippen LogP) is 2.07. The molecular weight excluding hydrogens is 262 g/mol. The van der Waals surface area contributed by atoms with Gasteiger partial charge >= 0.3 is 0 Å². The molecule has 0 bridgehead atoms. The summed E-state index contributed by atoms with van der Waals surface area (Å²) in [7, 11) is 0. The van der Waals surface area contributed by atoms with E-state index in [1.807, 2.05) is 13.8 Å². The number of fused-ring (bicyclic) bond motifs is 1. The maximum atomic E-state index is 11.6. The first-order valence-corrected chi connectivity index (χ1v) is 7.96. The number of carbonyl (C=O) groups excluding carboxylic acids is 1. The van der Waals surface area contributed by atoms with Gasteiger partial charge in [-0.2, -0.15) is 0 Å². The Kier molecular flexibility index (Phi) is 5.62. The van der Waals surface area contributed by atoms with Crippen LogP contribution in [0, 0.1) is 0 Å². The molecule has 0 aromatic heterocycles. The van der Waals surface area contributed by atoms with E-state index in [1.165, 1.54) is 24.1 Å². The maximum Gasteiger partial charge on any atom is 0.234 e. The first-order chi connectivity index (χ1) is 10.1. The lowest BCUT2D eigenvalue weighted by molar-refractivity contribution is -0.120. The number of anilines is 1. The van der Waals surface area contributed by atoms with Gasteiger partial charge in [0.1, 0.15) is 0 Å². The minimum Gasteiger partial charge on any atom is -0.371 e. The number of primary amides is 1. The quantitative estimate of drug-likeness (QED) is 0.843. The Labute approximate surface area is 127 Å². The largest absolute Gasteiger partial charge is 0.371 e. The smallest absolute Gasteiger partial charge is 0.234 e. The summed E-state index contributed by atoms with van der Waals surface area (Å²) in [5.74, 6) is -0.258. The third-order valence-corrected chi connectivity index (χ3v) is 4.02. The molecule has 1 aromatic rings. The van der Waals surface area contributed by atoms with E-state index in [9.17, 15) is 4.79 Å². The second-order valence-corrected chi connectivity index (χ2v) is 6.14. The summed E-state index contributed by atoms with van der Waals surface area (Å²) in [6.07, 6.45) is 4.34. The fourth-order valence-electron chi connectivity index (χ4n) is 3.00. The van der Waals surface area contributed by atoms with Crippen LogP contribution in [0.3, 0.4) is 0 Å². The van der Waals surface area contributed by atoms with Crippen molar-refractivity contribution in [2.45, 2.75) is 51.6 Å². The van der Waals surface area contributed by atoms with Gasteiger partial charge in [-0.05, 0) is 37.3 Å². The van der Waals surface area contributed by atoms with Crippen LogP contribution in [0.1, 0.15) is 38.7 Å². The molecule has 0 spiro atoms. The molecular formula is C17H27N3O. The fraction of sp³-hybridized carbons (Fsp3) is 0.588. The number of rotatable bonds is 6. The summed E-state index contributed by atoms with van der Waals surface area (Å²) in [5, 5.41) is 3.26. The summed E-state index contributed by atoms with van der Waals surface area (Å²) in [5.41, 5.74) is 8.25. The molecule has 1 aliphatic heterocycles. The topological polar surface area (TPSA) is 58.4 Å². The molecule has 0 saturated carbocycles. The summed E-state index contributed by atoms with van der Waals surface area (Å²) >= 11 is 0. The van der Waals surface area contributed by atoms with Crippen LogP contribution >= 0.6 is 0 Å². The van der Waals surface area contributed by atoms with Crippen molar-refractivity contribution in [3.05, 3.63) is 29.8 Å². The van der Waals surface area contributed by atoms with Crippen LogP contribution in [-0.2, 0) is 11.2 Å². The Hall–Kier alpha value is -1.55. The SMILES string of the molecule is CC(C)NC(CCN1CCCCc2ccccc21)C(N)=O. The van der Waals surface area contributed by atoms with Crippen molar-refractivity contribution in [3.63, 3.8) is 0 Å². The highest BCUT2D eigenvalue weighted by atomic mass is 16.1. The van der Waals surface area contributed by atoms with Crippen molar-refractivity contribution in [2.24, 2.45) is 5.73 Å². The number of carbonyl (C=O) groups is 1. The number of para-hydroxylation sites is 1. The van der Waals surface area contributed by atoms with E-state index in [0.29, 0.717) is 0 Å². The molecule has 21 heavy (non-hydrogen) atoms. The van der Waals surface area contributed by atoms with E-state index in [1.54, 1.807) is 0 Å². The lowest BCUT2D eigenvalue weighted by Gasteiger charge is -2.27. The van der Waals surface area contributed by atoms with Crippen LogP contribution in [0.5, 0.6) is 0 Å². The predicted molar refractivity (Wildman–Crippen MR) is 87.5 cm³/mol. The molecule has 0 radical (unpaired) electrons. The second-order valence-electron chi connectivity index (χ2n) is 6.14. The van der Waals surface area contributed by atoms with Crippen molar-refractivity contribution in [1.29, 1.82) is 0 Å². The Morgan fingerprint density at radius 1 is 1.33 bits per heavy atom. The summed E-state index contributed by atoms with van der Waals surface area (Å²) in [4.78, 5) is 14.0. The molecule has 0 aliphatic carbocycles. The molecule has 116 valence electrons. The zero-order valence-corrected chi connectivity index (χ0v) is 13.1. The lowest BCUT2D eigenvalue weighted by atomic mass is 10.1. The summed E-state index contributed by atoms with van der Waals surface area (Å²) in [6, 6.07) is 8.62. The molecule has 1 aliphatic rings. The van der Waals surface area contributed by atoms with Crippen LogP contribution in [0.25, 0.3) is 0 Å². The third-order valence-electron chi connectivity index (χ3n) is 4.02. The standard InChI is InChI=1S/C17H27N3O/c1-13(2)19-15(17(18)21)10-12-20-11-6-5-8-14-7-3-4-9-16(14)20/h3-4,7,9,13,15,19H,5-6,8,10-12H2,1-2H3,(H2,18,21). The summed E-state index contributed by atoms with van der Waals surface area (Å²) in [6.45, 7) is 6.00. The van der Waals surface area contributed by atoms with Gasteiger partial charge < -0.3 is 16.0 Å². The van der Waals surface area contributed by atoms with Gasteiger partial charge in [-0.3, -0.25) is 4.79 Å². The number of benzene rings is 1. The molecule has 1 unspecified atom stereocenters. The van der Waals surface area contributed by atoms with Gasteiger partial charge in [0.15, 0.2) is 0 Å². The second kappa shape index (κ2) is 7.46. The Bertz CT molecular complexity index is 473. The van der Waals surface area contributed by atoms with Gasteiger partial charge in [0.2, 0.25) is 5.91 Å². The van der Waals surface area contributed by atoms with E-state index >= 15 is 0 Å². The van der Waals surface area contributed by atoms with Crippen molar-refractivity contribution in [3.8, 4) is 0 Å². The van der Waals surface area contributed by atoms with Crippen LogP contribution < -0.4 is 16.0 Å². The van der Waals surface area contributed by atoms with Gasteiger partial charge in [-0.25, -0.2) is 0 Å². The molecule has 1 atom stereocenters. The van der Waals surface area contributed by atoms with Gasteiger partial charge in [0.25, 0.3) is 0 Å². The molecule has 2 rings (SSSR count). The van der Waals surface area contributed by atoms with E-state index < -0.39 is 0 Å². The van der Waals surface area contributed by atoms with Crippen molar-refractivity contribution in [2.75, 3.05) is 18.0 Å². The fourth-order valence-corrected chi connectivity index (χ4v) is 3.00. The van der Waals surface area contributed by atoms with Gasteiger partial charge in [0, 0.05) is 24.8 Å². The highest BCUT2D eigenvalue weighted by Crippen LogP contribution is 2.26. The Morgan fingerprint density at radius 2 is 2.10 bits per heavy atom. The molecule has 4 nitrogen and oxygen atoms in total. The number of nitrogens with one attached hydrogen (secondary N) is 1. The normalized spacial score (nSPS) is 16.4. The Balaban J connectivity index is 2.03. The zero-order valence-electron chi connectivity index (χ0n) is 13.1. The average Bonchev–Trinajstić information content (AvgIpc) is 2.65. The number of nitrogens with two attached hydrogens (primary N) is 1. The monoisotopic (exact) mass is 289 g/mol. The Morgan fingerprint density at radius 3 is 2.81 bits per heavy atom. The van der Waals surface area contributed by atoms with E-state index in [-0.39, 0.29) is 18.0 Å². The minimum absolute atomic E-state index is 0.250. The van der Waals surface area contributed by atoms with Crippen molar-refractivity contribution < 1.29 is 4.79 Å². The molecule has 1 heterocycles. The molecule has 1 amide bonds. The summed E-state index contributed by atoms with van der Waals surface area (Å²) < 4.78 is 0. The number of aryl methyl sites for hydroxylation is 1. The zero-order chi connectivity index (χ0) is 15.2. The molecule has 1 aromatic carbocycles. The number of hydrogen-bond donors (Lipinski definition) is 2. The number of nitrogens with zero attached hydrogens (tertiary/aromatic N) is 1. The average molecular weight is 289 g/mol. The highest BCUT2D eigenvalue weighted by Gasteiger charge is 2.20. The first-order valence-electron chi connectivity index (χ1n) is 7.96. The van der Waals surface area contributed by atoms with Crippen molar-refractivity contribution >= 4 is 11.6 Å². The van der Waals surface area contributed by atoms with Crippen LogP contribution in [0.2, 0.25) is 0 Å². The first kappa shape index (κ1) is 15.8. The van der Waals surface area contributed by atoms with Crippen LogP contribution in [-0.4, -0.2) is 31.1 Å². The van der Waals surface area contributed by atoms with Crippen LogP contribution in [0.4, 0.5) is 5.69 Å². The van der Waals surface area contributed by atoms with Gasteiger partial charge in [-0.1, -0.05) is 32.0 Å². The molecule has 0 fully saturated rings. The molecule has 0 saturated heterocycles. The molecule has 3 N–H and O–H groups in total. The van der Waals surface area contributed by atoms with E-state index in [2.05, 4.69) is 34.5 Å². The lowest BCUT2D eigenvalue weighted by Crippen LogP contribution is -2.46. The van der Waals surface area contributed by atoms with E-state index in [4.69, 9.17) is 5.73 Å².